The average molecular weight is 247 g/mol. The number of aromatic amines is 2. The highest BCUT2D eigenvalue weighted by molar-refractivity contribution is 5.54. The number of fused-ring (bicyclic) bond motifs is 2. The highest BCUT2D eigenvalue weighted by atomic mass is 16.5. The molecule has 0 aromatic carbocycles. The highest BCUT2D eigenvalue weighted by Gasteiger charge is 2.23. The van der Waals surface area contributed by atoms with E-state index < -0.39 is 11.2 Å². The fourth-order valence-electron chi connectivity index (χ4n) is 1.80. The lowest BCUT2D eigenvalue weighted by Gasteiger charge is -2.05. The van der Waals surface area contributed by atoms with Gasteiger partial charge < -0.3 is 10.5 Å². The molecule has 4 N–H and O–H groups in total. The van der Waals surface area contributed by atoms with Gasteiger partial charge in [-0.25, -0.2) is 4.79 Å². The smallest absolute Gasteiger partial charge is 0.327 e. The van der Waals surface area contributed by atoms with E-state index in [0.29, 0.717) is 0 Å². The van der Waals surface area contributed by atoms with Crippen LogP contribution in [0.1, 0.15) is 0 Å². The van der Waals surface area contributed by atoms with E-state index in [1.807, 2.05) is 4.98 Å². The second-order valence-electron chi connectivity index (χ2n) is 3.83. The normalized spacial score (nSPS) is 16.1. The lowest BCUT2D eigenvalue weighted by atomic mass is 10.2. The van der Waals surface area contributed by atoms with Crippen LogP contribution >= 0.6 is 0 Å². The van der Waals surface area contributed by atoms with Gasteiger partial charge in [0.2, 0.25) is 0 Å². The molecule has 3 rings (SSSR count). The van der Waals surface area contributed by atoms with Crippen LogP contribution in [-0.2, 0) is 4.74 Å². The number of aromatic nitrogens is 2. The summed E-state index contributed by atoms with van der Waals surface area (Å²) in [5.74, 6) is 0.0729. The molecular weight excluding hydrogens is 234 g/mol. The average Bonchev–Trinajstić information content (AvgIpc) is 2.86. The lowest BCUT2D eigenvalue weighted by Crippen LogP contribution is -2.22. The Hall–Kier alpha value is -2.34. The molecule has 1 aromatic rings. The van der Waals surface area contributed by atoms with Gasteiger partial charge in [0.1, 0.15) is 11.9 Å². The van der Waals surface area contributed by atoms with E-state index in [9.17, 15) is 9.59 Å². The molecule has 6 nitrogen and oxygen atoms in total. The van der Waals surface area contributed by atoms with E-state index >= 15 is 0 Å². The molecule has 0 fully saturated rings. The van der Waals surface area contributed by atoms with Gasteiger partial charge in [-0.2, -0.15) is 0 Å². The van der Waals surface area contributed by atoms with Gasteiger partial charge in [0, 0.05) is 13.2 Å². The van der Waals surface area contributed by atoms with Crippen LogP contribution in [0.4, 0.5) is 5.82 Å². The van der Waals surface area contributed by atoms with E-state index in [1.54, 1.807) is 7.11 Å². The van der Waals surface area contributed by atoms with Crippen molar-refractivity contribution >= 4 is 5.82 Å². The standard InChI is InChI=1S/C8H8O.C4H5N3O2/c1-9-8-6-2-3-7(8)5-4-6;5-2-1-3(8)7-4(9)6-2/h2-5,8H,1H3;1H,(H4,5,6,7,8,9). The third-order valence-corrected chi connectivity index (χ3v) is 2.56. The zero-order chi connectivity index (χ0) is 13.1. The third kappa shape index (κ3) is 2.49. The predicted octanol–water partition coefficient (Wildman–Crippen LogP) is 0.0830. The van der Waals surface area contributed by atoms with Crippen molar-refractivity contribution in [3.05, 3.63) is 62.4 Å². The van der Waals surface area contributed by atoms with Crippen LogP contribution in [0.15, 0.2) is 51.1 Å². The van der Waals surface area contributed by atoms with Crippen molar-refractivity contribution in [2.75, 3.05) is 12.8 Å². The zero-order valence-electron chi connectivity index (χ0n) is 9.77. The molecule has 2 bridgehead atoms. The van der Waals surface area contributed by atoms with Gasteiger partial charge in [0.05, 0.1) is 0 Å². The largest absolute Gasteiger partial charge is 0.385 e. The maximum atomic E-state index is 10.4. The first-order valence-corrected chi connectivity index (χ1v) is 5.32. The van der Waals surface area contributed by atoms with Crippen molar-refractivity contribution in [3.8, 4) is 0 Å². The van der Waals surface area contributed by atoms with Crippen LogP contribution in [0.25, 0.3) is 0 Å². The maximum Gasteiger partial charge on any atom is 0.327 e. The molecule has 2 aliphatic rings. The fourth-order valence-corrected chi connectivity index (χ4v) is 1.80. The molecule has 94 valence electrons. The van der Waals surface area contributed by atoms with Crippen molar-refractivity contribution in [1.29, 1.82) is 0 Å². The first-order chi connectivity index (χ1) is 8.60. The van der Waals surface area contributed by atoms with Gasteiger partial charge in [0.15, 0.2) is 0 Å². The number of hydrogen-bond acceptors (Lipinski definition) is 4. The van der Waals surface area contributed by atoms with Gasteiger partial charge in [-0.3, -0.25) is 14.8 Å². The summed E-state index contributed by atoms with van der Waals surface area (Å²) in [6.45, 7) is 0. The molecule has 18 heavy (non-hydrogen) atoms. The number of methoxy groups -OCH3 is 1. The Balaban J connectivity index is 0.000000134. The number of allylic oxidation sites excluding steroid dienone is 2. The van der Waals surface area contributed by atoms with E-state index in [4.69, 9.17) is 10.5 Å². The van der Waals surface area contributed by atoms with Crippen LogP contribution in [0.2, 0.25) is 0 Å². The zero-order valence-corrected chi connectivity index (χ0v) is 9.77. The summed E-state index contributed by atoms with van der Waals surface area (Å²) in [7, 11) is 1.74. The summed E-state index contributed by atoms with van der Waals surface area (Å²) in [6.07, 6.45) is 8.66. The number of anilines is 1. The molecule has 1 heterocycles. The minimum Gasteiger partial charge on any atom is -0.385 e. The number of nitrogens with two attached hydrogens (primary N) is 1. The molecule has 0 aliphatic heterocycles. The Morgan fingerprint density at radius 2 is 1.78 bits per heavy atom. The summed E-state index contributed by atoms with van der Waals surface area (Å²) in [5.41, 5.74) is 6.58. The van der Waals surface area contributed by atoms with Gasteiger partial charge in [-0.1, -0.05) is 24.3 Å². The van der Waals surface area contributed by atoms with E-state index in [0.717, 1.165) is 6.07 Å². The van der Waals surface area contributed by atoms with Crippen LogP contribution in [0.3, 0.4) is 0 Å². The van der Waals surface area contributed by atoms with Gasteiger partial charge >= 0.3 is 5.69 Å². The Bertz CT molecular complexity index is 599. The third-order valence-electron chi connectivity index (χ3n) is 2.56. The maximum absolute atomic E-state index is 10.4. The lowest BCUT2D eigenvalue weighted by molar-refractivity contribution is 0.170. The van der Waals surface area contributed by atoms with Crippen molar-refractivity contribution < 1.29 is 4.74 Å². The van der Waals surface area contributed by atoms with Crippen LogP contribution in [0.5, 0.6) is 0 Å². The number of rotatable bonds is 1. The molecule has 0 radical (unpaired) electrons. The number of nitrogens with one attached hydrogen (secondary N) is 2. The Labute approximate surface area is 102 Å². The summed E-state index contributed by atoms with van der Waals surface area (Å²) >= 11 is 0. The molecule has 1 aromatic heterocycles. The van der Waals surface area contributed by atoms with Gasteiger partial charge in [-0.05, 0) is 11.1 Å². The first kappa shape index (κ1) is 12.1. The molecule has 0 amide bonds. The molecule has 0 saturated carbocycles. The minimum absolute atomic E-state index is 0.0729. The summed E-state index contributed by atoms with van der Waals surface area (Å²) in [5, 5.41) is 0. The number of nitrogen functional groups attached to an aromatic ring is 1. The predicted molar refractivity (Wildman–Crippen MR) is 68.2 cm³/mol. The summed E-state index contributed by atoms with van der Waals surface area (Å²) in [6, 6.07) is 1.10. The molecule has 0 saturated heterocycles. The quantitative estimate of drug-likeness (QED) is 0.654. The molecule has 0 unspecified atom stereocenters. The van der Waals surface area contributed by atoms with Crippen LogP contribution in [0, 0.1) is 0 Å². The summed E-state index contributed by atoms with van der Waals surface area (Å²) < 4.78 is 5.20. The van der Waals surface area contributed by atoms with Gasteiger partial charge in [0.25, 0.3) is 5.56 Å². The van der Waals surface area contributed by atoms with Crippen molar-refractivity contribution in [2.45, 2.75) is 6.10 Å². The minimum atomic E-state index is -0.583. The van der Waals surface area contributed by atoms with Crippen LogP contribution < -0.4 is 17.0 Å². The van der Waals surface area contributed by atoms with Crippen molar-refractivity contribution in [3.63, 3.8) is 0 Å². The topological polar surface area (TPSA) is 101 Å². The van der Waals surface area contributed by atoms with Crippen molar-refractivity contribution in [1.82, 2.24) is 9.97 Å². The molecule has 6 heteroatoms. The van der Waals surface area contributed by atoms with E-state index in [1.165, 1.54) is 11.1 Å². The van der Waals surface area contributed by atoms with Crippen molar-refractivity contribution in [2.24, 2.45) is 0 Å². The monoisotopic (exact) mass is 247 g/mol. The molecule has 0 atom stereocenters. The van der Waals surface area contributed by atoms with E-state index in [2.05, 4.69) is 29.3 Å². The molecular formula is C12H13N3O3. The fraction of sp³-hybridized carbons (Fsp3) is 0.167. The number of hydrogen-bond donors (Lipinski definition) is 3. The Morgan fingerprint density at radius 3 is 2.11 bits per heavy atom. The molecule has 2 aliphatic carbocycles. The number of ether oxygens (including phenoxy) is 1. The molecule has 0 spiro atoms. The highest BCUT2D eigenvalue weighted by Crippen LogP contribution is 2.30. The second-order valence-corrected chi connectivity index (χ2v) is 3.83. The SMILES string of the molecule is COC1C2=CC=C1C=C2.Nc1cc(=O)[nH]c(=O)[nH]1. The number of H-pyrrole nitrogens is 2. The Morgan fingerprint density at radius 1 is 1.17 bits per heavy atom. The first-order valence-electron chi connectivity index (χ1n) is 5.32. The van der Waals surface area contributed by atoms with Crippen LogP contribution in [-0.4, -0.2) is 23.2 Å². The summed E-state index contributed by atoms with van der Waals surface area (Å²) in [4.78, 5) is 24.8. The second kappa shape index (κ2) is 4.89. The van der Waals surface area contributed by atoms with Gasteiger partial charge in [-0.15, -0.1) is 0 Å². The Kier molecular flexibility index (Phi) is 3.29. The van der Waals surface area contributed by atoms with E-state index in [-0.39, 0.29) is 11.9 Å².